The molecule has 1 aliphatic rings. The molecule has 1 fully saturated rings. The molecule has 1 aliphatic heterocycles. The first-order chi connectivity index (χ1) is 13.3. The second-order valence-electron chi connectivity index (χ2n) is 5.96. The maximum absolute atomic E-state index is 12.6. The molecule has 0 spiro atoms. The first-order valence-corrected chi connectivity index (χ1v) is 10.8. The molecule has 0 N–H and O–H groups in total. The van der Waals surface area contributed by atoms with Gasteiger partial charge in [0.15, 0.2) is 6.61 Å². The zero-order chi connectivity index (χ0) is 20.3. The summed E-state index contributed by atoms with van der Waals surface area (Å²) in [5.74, 6) is -0.0252. The van der Waals surface area contributed by atoms with Gasteiger partial charge in [-0.2, -0.15) is 4.31 Å². The van der Waals surface area contributed by atoms with Crippen molar-refractivity contribution in [1.29, 1.82) is 0 Å². The third kappa shape index (κ3) is 4.69. The van der Waals surface area contributed by atoms with Gasteiger partial charge in [0, 0.05) is 44.6 Å². The number of carbonyl (C=O) groups excluding carboxylic acids is 1. The molecule has 0 unspecified atom stereocenters. The Labute approximate surface area is 177 Å². The van der Waals surface area contributed by atoms with E-state index in [9.17, 15) is 13.2 Å². The molecular formula is C17H16Cl3N3O4S. The molecule has 0 atom stereocenters. The minimum Gasteiger partial charge on any atom is -0.482 e. The van der Waals surface area contributed by atoms with Gasteiger partial charge < -0.3 is 9.64 Å². The summed E-state index contributed by atoms with van der Waals surface area (Å²) in [7, 11) is -3.62. The lowest BCUT2D eigenvalue weighted by atomic mass is 10.3. The SMILES string of the molecule is O=C(COc1cc(Cl)c(Cl)cc1Cl)N1CCN(S(=O)(=O)c2cccnc2)CC1. The van der Waals surface area contributed by atoms with Crippen LogP contribution in [0.2, 0.25) is 15.1 Å². The third-order valence-electron chi connectivity index (χ3n) is 4.19. The van der Waals surface area contributed by atoms with Crippen LogP contribution in [0.5, 0.6) is 5.75 Å². The van der Waals surface area contributed by atoms with Crippen molar-refractivity contribution in [3.63, 3.8) is 0 Å². The fourth-order valence-corrected chi connectivity index (χ4v) is 4.65. The summed E-state index contributed by atoms with van der Waals surface area (Å²) in [6, 6.07) is 5.94. The predicted molar refractivity (Wildman–Crippen MR) is 107 cm³/mol. The van der Waals surface area contributed by atoms with E-state index in [4.69, 9.17) is 39.5 Å². The second-order valence-corrected chi connectivity index (χ2v) is 9.12. The van der Waals surface area contributed by atoms with E-state index in [0.717, 1.165) is 0 Å². The number of sulfonamides is 1. The molecule has 150 valence electrons. The van der Waals surface area contributed by atoms with Gasteiger partial charge in [0.05, 0.1) is 15.1 Å². The zero-order valence-electron chi connectivity index (χ0n) is 14.5. The van der Waals surface area contributed by atoms with Crippen molar-refractivity contribution < 1.29 is 17.9 Å². The van der Waals surface area contributed by atoms with Gasteiger partial charge in [0.25, 0.3) is 5.91 Å². The summed E-state index contributed by atoms with van der Waals surface area (Å²) in [5.41, 5.74) is 0. The number of nitrogens with zero attached hydrogens (tertiary/aromatic N) is 3. The minimum atomic E-state index is -3.62. The largest absolute Gasteiger partial charge is 0.482 e. The molecule has 1 saturated heterocycles. The lowest BCUT2D eigenvalue weighted by molar-refractivity contribution is -0.134. The highest BCUT2D eigenvalue weighted by molar-refractivity contribution is 7.89. The van der Waals surface area contributed by atoms with Gasteiger partial charge in [-0.05, 0) is 18.2 Å². The summed E-state index contributed by atoms with van der Waals surface area (Å²) >= 11 is 17.8. The van der Waals surface area contributed by atoms with Crippen LogP contribution < -0.4 is 4.74 Å². The molecule has 0 saturated carbocycles. The first kappa shape index (κ1) is 21.1. The number of rotatable bonds is 5. The van der Waals surface area contributed by atoms with Crippen molar-refractivity contribution in [2.45, 2.75) is 4.90 Å². The molecule has 7 nitrogen and oxygen atoms in total. The van der Waals surface area contributed by atoms with Crippen LogP contribution in [0.3, 0.4) is 0 Å². The molecule has 1 aromatic heterocycles. The monoisotopic (exact) mass is 463 g/mol. The number of hydrogen-bond donors (Lipinski definition) is 0. The van der Waals surface area contributed by atoms with Crippen molar-refractivity contribution in [1.82, 2.24) is 14.2 Å². The van der Waals surface area contributed by atoms with Crippen molar-refractivity contribution in [2.75, 3.05) is 32.8 Å². The smallest absolute Gasteiger partial charge is 0.260 e. The van der Waals surface area contributed by atoms with E-state index in [2.05, 4.69) is 4.98 Å². The molecule has 0 radical (unpaired) electrons. The van der Waals surface area contributed by atoms with Gasteiger partial charge in [-0.15, -0.1) is 0 Å². The third-order valence-corrected chi connectivity index (χ3v) is 7.09. The maximum atomic E-state index is 12.6. The number of carbonyl (C=O) groups is 1. The van der Waals surface area contributed by atoms with E-state index in [0.29, 0.717) is 0 Å². The minimum absolute atomic E-state index is 0.132. The molecule has 1 amide bonds. The summed E-state index contributed by atoms with van der Waals surface area (Å²) < 4.78 is 32.0. The molecule has 2 aromatic rings. The molecule has 3 rings (SSSR count). The van der Waals surface area contributed by atoms with Gasteiger partial charge in [-0.3, -0.25) is 9.78 Å². The number of pyridine rings is 1. The Kier molecular flexibility index (Phi) is 6.67. The Balaban J connectivity index is 1.56. The number of amides is 1. The quantitative estimate of drug-likeness (QED) is 0.636. The average Bonchev–Trinajstić information content (AvgIpc) is 2.70. The molecule has 0 aliphatic carbocycles. The Morgan fingerprint density at radius 3 is 2.39 bits per heavy atom. The van der Waals surface area contributed by atoms with Crippen LogP contribution in [0.15, 0.2) is 41.6 Å². The van der Waals surface area contributed by atoms with Gasteiger partial charge in [-0.25, -0.2) is 8.42 Å². The number of halogens is 3. The molecule has 11 heteroatoms. The first-order valence-electron chi connectivity index (χ1n) is 8.24. The molecular weight excluding hydrogens is 449 g/mol. The molecule has 2 heterocycles. The van der Waals surface area contributed by atoms with E-state index in [1.54, 1.807) is 11.0 Å². The van der Waals surface area contributed by atoms with Crippen LogP contribution in [-0.4, -0.2) is 61.3 Å². The van der Waals surface area contributed by atoms with Crippen molar-refractivity contribution in [3.8, 4) is 5.75 Å². The number of ether oxygens (including phenoxy) is 1. The maximum Gasteiger partial charge on any atom is 0.260 e. The number of aromatic nitrogens is 1. The van der Waals surface area contributed by atoms with E-state index in [-0.39, 0.29) is 64.4 Å². The molecule has 0 bridgehead atoms. The Morgan fingerprint density at radius 1 is 1.07 bits per heavy atom. The Hall–Kier alpha value is -1.58. The van der Waals surface area contributed by atoms with Crippen LogP contribution in [-0.2, 0) is 14.8 Å². The van der Waals surface area contributed by atoms with Gasteiger partial charge >= 0.3 is 0 Å². The highest BCUT2D eigenvalue weighted by Gasteiger charge is 2.30. The summed E-state index contributed by atoms with van der Waals surface area (Å²) in [6.07, 6.45) is 2.82. The average molecular weight is 465 g/mol. The highest BCUT2D eigenvalue weighted by atomic mass is 35.5. The van der Waals surface area contributed by atoms with Crippen LogP contribution in [0.4, 0.5) is 0 Å². The van der Waals surface area contributed by atoms with Gasteiger partial charge in [-0.1, -0.05) is 34.8 Å². The predicted octanol–water partition coefficient (Wildman–Crippen LogP) is 2.95. The Morgan fingerprint density at radius 2 is 1.75 bits per heavy atom. The standard InChI is InChI=1S/C17H16Cl3N3O4S/c18-13-8-15(20)16(9-14(13)19)27-11-17(24)22-4-6-23(7-5-22)28(25,26)12-2-1-3-21-10-12/h1-3,8-10H,4-7,11H2. The zero-order valence-corrected chi connectivity index (χ0v) is 17.6. The number of benzene rings is 1. The fourth-order valence-electron chi connectivity index (χ4n) is 2.67. The van der Waals surface area contributed by atoms with Crippen LogP contribution in [0.25, 0.3) is 0 Å². The highest BCUT2D eigenvalue weighted by Crippen LogP contribution is 2.33. The fraction of sp³-hybridized carbons (Fsp3) is 0.294. The lowest BCUT2D eigenvalue weighted by Gasteiger charge is -2.33. The lowest BCUT2D eigenvalue weighted by Crippen LogP contribution is -2.51. The van der Waals surface area contributed by atoms with E-state index < -0.39 is 10.0 Å². The van der Waals surface area contributed by atoms with E-state index >= 15 is 0 Å². The molecule has 1 aromatic carbocycles. The van der Waals surface area contributed by atoms with Crippen LogP contribution in [0, 0.1) is 0 Å². The summed E-state index contributed by atoms with van der Waals surface area (Å²) in [4.78, 5) is 17.9. The summed E-state index contributed by atoms with van der Waals surface area (Å²) in [6.45, 7) is 0.660. The number of hydrogen-bond acceptors (Lipinski definition) is 5. The van der Waals surface area contributed by atoms with Crippen molar-refractivity contribution in [2.24, 2.45) is 0 Å². The van der Waals surface area contributed by atoms with E-state index in [1.807, 2.05) is 0 Å². The van der Waals surface area contributed by atoms with Crippen molar-refractivity contribution in [3.05, 3.63) is 51.7 Å². The number of piperazine rings is 1. The van der Waals surface area contributed by atoms with Crippen LogP contribution in [0.1, 0.15) is 0 Å². The summed E-state index contributed by atoms with van der Waals surface area (Å²) in [5, 5.41) is 0.800. The topological polar surface area (TPSA) is 79.8 Å². The molecule has 28 heavy (non-hydrogen) atoms. The van der Waals surface area contributed by atoms with Gasteiger partial charge in [0.1, 0.15) is 10.6 Å². The normalized spacial score (nSPS) is 15.5. The van der Waals surface area contributed by atoms with E-state index in [1.165, 1.54) is 34.9 Å². The second kappa shape index (κ2) is 8.84. The van der Waals surface area contributed by atoms with Crippen molar-refractivity contribution >= 4 is 50.7 Å². The van der Waals surface area contributed by atoms with Crippen LogP contribution >= 0.6 is 34.8 Å². The van der Waals surface area contributed by atoms with Gasteiger partial charge in [0.2, 0.25) is 10.0 Å². The Bertz CT molecular complexity index is 965.